The molecule has 0 spiro atoms. The van der Waals surface area contributed by atoms with E-state index in [0.717, 1.165) is 11.1 Å². The molecule has 2 nitrogen and oxygen atoms in total. The van der Waals surface area contributed by atoms with Gasteiger partial charge in [0.1, 0.15) is 5.82 Å². The minimum atomic E-state index is -0.443. The number of nitrogens with one attached hydrogen (secondary N) is 1. The Bertz CT molecular complexity index is 684. The van der Waals surface area contributed by atoms with Gasteiger partial charge in [0.25, 0.3) is 5.91 Å². The van der Waals surface area contributed by atoms with Crippen LogP contribution in [0.25, 0.3) is 0 Å². The first-order valence-electron chi connectivity index (χ1n) is 6.71. The maximum absolute atomic E-state index is 13.5. The van der Waals surface area contributed by atoms with Crippen LogP contribution in [0.5, 0.6) is 0 Å². The molecule has 0 saturated carbocycles. The molecule has 21 heavy (non-hydrogen) atoms. The minimum Gasteiger partial charge on any atom is -0.346 e. The molecule has 0 bridgehead atoms. The van der Waals surface area contributed by atoms with Crippen LogP contribution in [0.1, 0.15) is 40.0 Å². The van der Waals surface area contributed by atoms with Crippen molar-refractivity contribution in [1.82, 2.24) is 5.32 Å². The molecule has 2 aromatic carbocycles. The number of aryl methyl sites for hydroxylation is 2. The van der Waals surface area contributed by atoms with Gasteiger partial charge in [-0.05, 0) is 66.0 Å². The highest BCUT2D eigenvalue weighted by Crippen LogP contribution is 2.20. The van der Waals surface area contributed by atoms with E-state index in [4.69, 9.17) is 0 Å². The Kier molecular flexibility index (Phi) is 4.78. The minimum absolute atomic E-state index is 0.134. The zero-order chi connectivity index (χ0) is 15.6. The van der Waals surface area contributed by atoms with Gasteiger partial charge in [-0.3, -0.25) is 4.79 Å². The Hall–Kier alpha value is -1.68. The summed E-state index contributed by atoms with van der Waals surface area (Å²) < 4.78 is 13.8. The summed E-state index contributed by atoms with van der Waals surface area (Å²) in [7, 11) is 0. The second kappa shape index (κ2) is 6.39. The molecular weight excluding hydrogens is 333 g/mol. The van der Waals surface area contributed by atoms with E-state index in [1.807, 2.05) is 32.9 Å². The third kappa shape index (κ3) is 3.70. The van der Waals surface area contributed by atoms with E-state index < -0.39 is 5.82 Å². The van der Waals surface area contributed by atoms with Gasteiger partial charge in [0.05, 0.1) is 10.5 Å². The molecule has 0 aliphatic carbocycles. The van der Waals surface area contributed by atoms with Crippen molar-refractivity contribution < 1.29 is 9.18 Å². The number of hydrogen-bond acceptors (Lipinski definition) is 1. The van der Waals surface area contributed by atoms with Crippen molar-refractivity contribution in [3.05, 3.63) is 68.9 Å². The summed E-state index contributed by atoms with van der Waals surface area (Å²) in [6.07, 6.45) is 0. The molecule has 0 heterocycles. The molecule has 4 heteroatoms. The molecular formula is C17H17BrFNO. The van der Waals surface area contributed by atoms with E-state index in [1.165, 1.54) is 17.7 Å². The monoisotopic (exact) mass is 349 g/mol. The summed E-state index contributed by atoms with van der Waals surface area (Å²) in [5.74, 6) is -0.726. The molecule has 110 valence electrons. The Balaban J connectivity index is 2.16. The lowest BCUT2D eigenvalue weighted by Gasteiger charge is -2.17. The molecule has 2 rings (SSSR count). The van der Waals surface area contributed by atoms with E-state index in [-0.39, 0.29) is 11.9 Å². The molecule has 2 aromatic rings. The van der Waals surface area contributed by atoms with Gasteiger partial charge in [-0.25, -0.2) is 4.39 Å². The van der Waals surface area contributed by atoms with Gasteiger partial charge in [-0.15, -0.1) is 0 Å². The molecule has 0 aliphatic heterocycles. The quantitative estimate of drug-likeness (QED) is 0.855. The fourth-order valence-corrected chi connectivity index (χ4v) is 2.55. The largest absolute Gasteiger partial charge is 0.346 e. The SMILES string of the molecule is Cc1ccc(C(C)NC(=O)c2ccc(Br)c(F)c2)c(C)c1. The second-order valence-corrected chi connectivity index (χ2v) is 6.04. The van der Waals surface area contributed by atoms with Crippen LogP contribution in [0.2, 0.25) is 0 Å². The number of rotatable bonds is 3. The standard InChI is InChI=1S/C17H17BrFNO/c1-10-4-6-14(11(2)8-10)12(3)20-17(21)13-5-7-15(18)16(19)9-13/h4-9,12H,1-3H3,(H,20,21). The van der Waals surface area contributed by atoms with Crippen molar-refractivity contribution in [2.45, 2.75) is 26.8 Å². The molecule has 0 radical (unpaired) electrons. The van der Waals surface area contributed by atoms with Gasteiger partial charge >= 0.3 is 0 Å². The van der Waals surface area contributed by atoms with Crippen molar-refractivity contribution in [3.8, 4) is 0 Å². The van der Waals surface area contributed by atoms with Crippen LogP contribution in [0.4, 0.5) is 4.39 Å². The molecule has 0 aliphatic rings. The number of benzene rings is 2. The molecule has 1 amide bonds. The number of carbonyl (C=O) groups is 1. The van der Waals surface area contributed by atoms with E-state index in [0.29, 0.717) is 10.0 Å². The molecule has 1 unspecified atom stereocenters. The van der Waals surface area contributed by atoms with Gasteiger partial charge in [0.2, 0.25) is 0 Å². The number of amides is 1. The van der Waals surface area contributed by atoms with Gasteiger partial charge in [0.15, 0.2) is 0 Å². The zero-order valence-corrected chi connectivity index (χ0v) is 13.8. The topological polar surface area (TPSA) is 29.1 Å². The van der Waals surface area contributed by atoms with Crippen LogP contribution in [0, 0.1) is 19.7 Å². The Morgan fingerprint density at radius 3 is 2.52 bits per heavy atom. The van der Waals surface area contributed by atoms with Crippen molar-refractivity contribution in [2.75, 3.05) is 0 Å². The van der Waals surface area contributed by atoms with Crippen LogP contribution in [-0.2, 0) is 0 Å². The average Bonchev–Trinajstić information content (AvgIpc) is 2.41. The smallest absolute Gasteiger partial charge is 0.251 e. The number of hydrogen-bond donors (Lipinski definition) is 1. The highest BCUT2D eigenvalue weighted by molar-refractivity contribution is 9.10. The fraction of sp³-hybridized carbons (Fsp3) is 0.235. The number of carbonyl (C=O) groups excluding carboxylic acids is 1. The van der Waals surface area contributed by atoms with Crippen molar-refractivity contribution in [2.24, 2.45) is 0 Å². The number of halogens is 2. The first kappa shape index (κ1) is 15.7. The fourth-order valence-electron chi connectivity index (χ4n) is 2.31. The first-order valence-corrected chi connectivity index (χ1v) is 7.51. The summed E-state index contributed by atoms with van der Waals surface area (Å²) >= 11 is 3.08. The van der Waals surface area contributed by atoms with E-state index >= 15 is 0 Å². The van der Waals surface area contributed by atoms with E-state index in [1.54, 1.807) is 6.07 Å². The van der Waals surface area contributed by atoms with Crippen molar-refractivity contribution in [1.29, 1.82) is 0 Å². The summed E-state index contributed by atoms with van der Waals surface area (Å²) in [5.41, 5.74) is 3.69. The van der Waals surface area contributed by atoms with Crippen molar-refractivity contribution in [3.63, 3.8) is 0 Å². The Morgan fingerprint density at radius 1 is 1.19 bits per heavy atom. The van der Waals surface area contributed by atoms with Crippen LogP contribution >= 0.6 is 15.9 Å². The molecule has 1 atom stereocenters. The predicted molar refractivity (Wildman–Crippen MR) is 85.9 cm³/mol. The van der Waals surface area contributed by atoms with Gasteiger partial charge in [-0.1, -0.05) is 23.8 Å². The second-order valence-electron chi connectivity index (χ2n) is 5.18. The van der Waals surface area contributed by atoms with Crippen LogP contribution in [0.3, 0.4) is 0 Å². The summed E-state index contributed by atoms with van der Waals surface area (Å²) in [6.45, 7) is 5.97. The molecule has 1 N–H and O–H groups in total. The van der Waals surface area contributed by atoms with Gasteiger partial charge in [0, 0.05) is 5.56 Å². The van der Waals surface area contributed by atoms with Crippen LogP contribution < -0.4 is 5.32 Å². The highest BCUT2D eigenvalue weighted by atomic mass is 79.9. The Morgan fingerprint density at radius 2 is 1.90 bits per heavy atom. The third-order valence-electron chi connectivity index (χ3n) is 3.42. The summed E-state index contributed by atoms with van der Waals surface area (Å²) in [6, 6.07) is 10.3. The van der Waals surface area contributed by atoms with E-state index in [9.17, 15) is 9.18 Å². The third-order valence-corrected chi connectivity index (χ3v) is 4.06. The lowest BCUT2D eigenvalue weighted by atomic mass is 10.00. The van der Waals surface area contributed by atoms with Crippen LogP contribution in [0.15, 0.2) is 40.9 Å². The van der Waals surface area contributed by atoms with E-state index in [2.05, 4.69) is 27.3 Å². The molecule has 0 fully saturated rings. The average molecular weight is 350 g/mol. The highest BCUT2D eigenvalue weighted by Gasteiger charge is 2.14. The summed E-state index contributed by atoms with van der Waals surface area (Å²) in [5, 5.41) is 2.90. The lowest BCUT2D eigenvalue weighted by Crippen LogP contribution is -2.27. The summed E-state index contributed by atoms with van der Waals surface area (Å²) in [4.78, 5) is 12.2. The maximum atomic E-state index is 13.5. The Labute approximate surface area is 132 Å². The predicted octanol–water partition coefficient (Wildman–Crippen LogP) is 4.70. The lowest BCUT2D eigenvalue weighted by molar-refractivity contribution is 0.0939. The molecule has 0 saturated heterocycles. The zero-order valence-electron chi connectivity index (χ0n) is 12.2. The molecule has 0 aromatic heterocycles. The van der Waals surface area contributed by atoms with Gasteiger partial charge in [-0.2, -0.15) is 0 Å². The van der Waals surface area contributed by atoms with Crippen molar-refractivity contribution >= 4 is 21.8 Å². The van der Waals surface area contributed by atoms with Gasteiger partial charge < -0.3 is 5.32 Å². The van der Waals surface area contributed by atoms with Crippen LogP contribution in [-0.4, -0.2) is 5.91 Å². The normalized spacial score (nSPS) is 12.0. The maximum Gasteiger partial charge on any atom is 0.251 e. The first-order chi connectivity index (χ1) is 9.88.